The van der Waals surface area contributed by atoms with E-state index in [2.05, 4.69) is 11.1 Å². The number of aryl methyl sites for hydroxylation is 1. The molecule has 3 rings (SSSR count). The van der Waals surface area contributed by atoms with E-state index in [1.807, 2.05) is 36.4 Å². The molecule has 0 aliphatic carbocycles. The summed E-state index contributed by atoms with van der Waals surface area (Å²) in [6.07, 6.45) is 0.745. The third kappa shape index (κ3) is 3.15. The van der Waals surface area contributed by atoms with Gasteiger partial charge in [-0.25, -0.2) is 4.98 Å². The fourth-order valence-electron chi connectivity index (χ4n) is 2.94. The summed E-state index contributed by atoms with van der Waals surface area (Å²) in [6.45, 7) is 0. The number of primary amides is 1. The topological polar surface area (TPSA) is 89.0 Å². The van der Waals surface area contributed by atoms with Crippen LogP contribution in [0.3, 0.4) is 0 Å². The molecule has 1 aromatic heterocycles. The van der Waals surface area contributed by atoms with Crippen molar-refractivity contribution in [2.75, 3.05) is 7.11 Å². The molecular formula is C20H17N3O2. The molecule has 25 heavy (non-hydrogen) atoms. The summed E-state index contributed by atoms with van der Waals surface area (Å²) in [5, 5.41) is 10.5. The van der Waals surface area contributed by atoms with E-state index in [1.165, 1.54) is 0 Å². The highest BCUT2D eigenvalue weighted by Crippen LogP contribution is 2.35. The number of ether oxygens (including phenoxy) is 1. The molecule has 3 aromatic rings. The van der Waals surface area contributed by atoms with Gasteiger partial charge < -0.3 is 10.5 Å². The van der Waals surface area contributed by atoms with E-state index >= 15 is 0 Å². The van der Waals surface area contributed by atoms with Gasteiger partial charge in [-0.2, -0.15) is 5.26 Å². The number of aromatic nitrogens is 1. The number of nitrogens with zero attached hydrogens (tertiary/aromatic N) is 2. The predicted molar refractivity (Wildman–Crippen MR) is 96.2 cm³/mol. The number of nitriles is 1. The first-order chi connectivity index (χ1) is 12.2. The van der Waals surface area contributed by atoms with Crippen LogP contribution < -0.4 is 10.5 Å². The first kappa shape index (κ1) is 16.5. The van der Waals surface area contributed by atoms with Crippen LogP contribution in [0.1, 0.15) is 22.6 Å². The Labute approximate surface area is 145 Å². The van der Waals surface area contributed by atoms with Crippen LogP contribution in [-0.2, 0) is 6.42 Å². The maximum absolute atomic E-state index is 11.9. The molecule has 0 aliphatic rings. The Morgan fingerprint density at radius 1 is 1.20 bits per heavy atom. The van der Waals surface area contributed by atoms with Gasteiger partial charge in [0.1, 0.15) is 11.4 Å². The highest BCUT2D eigenvalue weighted by Gasteiger charge is 2.18. The fourth-order valence-corrected chi connectivity index (χ4v) is 2.94. The van der Waals surface area contributed by atoms with Gasteiger partial charge in [0.15, 0.2) is 0 Å². The van der Waals surface area contributed by atoms with Crippen LogP contribution in [0.5, 0.6) is 5.75 Å². The van der Waals surface area contributed by atoms with Crippen LogP contribution in [0, 0.1) is 11.3 Å². The molecule has 0 saturated heterocycles. The summed E-state index contributed by atoms with van der Waals surface area (Å²) < 4.78 is 5.35. The number of benzene rings is 2. The van der Waals surface area contributed by atoms with Crippen LogP contribution in [-0.4, -0.2) is 18.0 Å². The minimum absolute atomic E-state index is 0.213. The minimum atomic E-state index is -0.590. The number of carbonyl (C=O) groups is 1. The van der Waals surface area contributed by atoms with E-state index in [4.69, 9.17) is 15.7 Å². The molecule has 1 amide bonds. The summed E-state index contributed by atoms with van der Waals surface area (Å²) in [4.78, 5) is 16.4. The number of amides is 1. The predicted octanol–water partition coefficient (Wildman–Crippen LogP) is 3.47. The van der Waals surface area contributed by atoms with E-state index in [9.17, 15) is 4.79 Å². The number of nitrogens with two attached hydrogens (primary N) is 1. The number of hydrogen-bond donors (Lipinski definition) is 1. The number of carbonyl (C=O) groups excluding carboxylic acids is 1. The van der Waals surface area contributed by atoms with Gasteiger partial charge in [0.2, 0.25) is 0 Å². The average molecular weight is 331 g/mol. The molecule has 1 heterocycles. The van der Waals surface area contributed by atoms with Crippen molar-refractivity contribution in [3.63, 3.8) is 0 Å². The fraction of sp³-hybridized carbons (Fsp3) is 0.150. The van der Waals surface area contributed by atoms with E-state index in [0.717, 1.165) is 16.5 Å². The van der Waals surface area contributed by atoms with E-state index in [0.29, 0.717) is 29.7 Å². The molecule has 0 fully saturated rings. The smallest absolute Gasteiger partial charge is 0.267 e. The second kappa shape index (κ2) is 7.02. The molecule has 0 aliphatic heterocycles. The molecule has 0 atom stereocenters. The standard InChI is InChI=1S/C20H17N3O2/c1-25-14-9-10-15-16(12-14)18(13-6-3-2-4-7-13)17(8-5-11-21)23-19(15)20(22)24/h2-4,6-7,9-10,12H,5,8H2,1H3,(H2,22,24). The molecule has 0 spiro atoms. The molecule has 2 aromatic carbocycles. The largest absolute Gasteiger partial charge is 0.497 e. The van der Waals surface area contributed by atoms with E-state index < -0.39 is 5.91 Å². The number of pyridine rings is 1. The Morgan fingerprint density at radius 3 is 2.60 bits per heavy atom. The zero-order chi connectivity index (χ0) is 17.8. The first-order valence-electron chi connectivity index (χ1n) is 7.88. The van der Waals surface area contributed by atoms with Crippen molar-refractivity contribution in [2.45, 2.75) is 12.8 Å². The van der Waals surface area contributed by atoms with Crippen LogP contribution in [0.25, 0.3) is 21.9 Å². The summed E-state index contributed by atoms with van der Waals surface area (Å²) in [6, 6.07) is 17.4. The van der Waals surface area contributed by atoms with E-state index in [-0.39, 0.29) is 5.69 Å². The zero-order valence-electron chi connectivity index (χ0n) is 13.8. The van der Waals surface area contributed by atoms with Crippen LogP contribution in [0.15, 0.2) is 48.5 Å². The molecule has 124 valence electrons. The Morgan fingerprint density at radius 2 is 1.96 bits per heavy atom. The maximum atomic E-state index is 11.9. The van der Waals surface area contributed by atoms with Gasteiger partial charge in [0, 0.05) is 23.8 Å². The Balaban J connectivity index is 2.41. The molecule has 5 nitrogen and oxygen atoms in total. The lowest BCUT2D eigenvalue weighted by atomic mass is 9.94. The van der Waals surface area contributed by atoms with Crippen molar-refractivity contribution in [1.29, 1.82) is 5.26 Å². The van der Waals surface area contributed by atoms with Crippen LogP contribution in [0.2, 0.25) is 0 Å². The van der Waals surface area contributed by atoms with E-state index in [1.54, 1.807) is 19.2 Å². The molecule has 0 unspecified atom stereocenters. The van der Waals surface area contributed by atoms with Gasteiger partial charge in [0.05, 0.1) is 18.9 Å². The second-order valence-electron chi connectivity index (χ2n) is 5.58. The number of fused-ring (bicyclic) bond motifs is 1. The van der Waals surface area contributed by atoms with Gasteiger partial charge in [-0.3, -0.25) is 4.79 Å². The second-order valence-corrected chi connectivity index (χ2v) is 5.58. The molecular weight excluding hydrogens is 314 g/mol. The van der Waals surface area contributed by atoms with Crippen molar-refractivity contribution in [2.24, 2.45) is 5.73 Å². The maximum Gasteiger partial charge on any atom is 0.267 e. The molecule has 0 bridgehead atoms. The van der Waals surface area contributed by atoms with Crippen molar-refractivity contribution in [1.82, 2.24) is 4.98 Å². The Bertz CT molecular complexity index is 976. The number of hydrogen-bond acceptors (Lipinski definition) is 4. The van der Waals surface area contributed by atoms with Crippen molar-refractivity contribution in [3.8, 4) is 22.9 Å². The third-order valence-corrected chi connectivity index (χ3v) is 4.06. The minimum Gasteiger partial charge on any atom is -0.497 e. The Kier molecular flexibility index (Phi) is 4.62. The van der Waals surface area contributed by atoms with Crippen molar-refractivity contribution in [3.05, 3.63) is 59.9 Å². The zero-order valence-corrected chi connectivity index (χ0v) is 13.8. The SMILES string of the molecule is COc1ccc2c(C(N)=O)nc(CCC#N)c(-c3ccccc3)c2c1. The average Bonchev–Trinajstić information content (AvgIpc) is 2.65. The summed E-state index contributed by atoms with van der Waals surface area (Å²) in [5.41, 5.74) is 8.30. The summed E-state index contributed by atoms with van der Waals surface area (Å²) in [7, 11) is 1.59. The monoisotopic (exact) mass is 331 g/mol. The van der Waals surface area contributed by atoms with Gasteiger partial charge in [-0.1, -0.05) is 30.3 Å². The lowest BCUT2D eigenvalue weighted by Crippen LogP contribution is -2.15. The van der Waals surface area contributed by atoms with Gasteiger partial charge >= 0.3 is 0 Å². The normalized spacial score (nSPS) is 10.4. The summed E-state index contributed by atoms with van der Waals surface area (Å²) in [5.74, 6) is 0.0884. The van der Waals surface area contributed by atoms with Crippen molar-refractivity contribution < 1.29 is 9.53 Å². The lowest BCUT2D eigenvalue weighted by Gasteiger charge is -2.15. The van der Waals surface area contributed by atoms with Crippen LogP contribution >= 0.6 is 0 Å². The third-order valence-electron chi connectivity index (χ3n) is 4.06. The number of rotatable bonds is 5. The molecule has 2 N–H and O–H groups in total. The molecule has 0 saturated carbocycles. The van der Waals surface area contributed by atoms with Crippen molar-refractivity contribution >= 4 is 16.7 Å². The van der Waals surface area contributed by atoms with Gasteiger partial charge in [-0.05, 0) is 29.1 Å². The lowest BCUT2D eigenvalue weighted by molar-refractivity contribution is 0.0997. The highest BCUT2D eigenvalue weighted by atomic mass is 16.5. The van der Waals surface area contributed by atoms with Crippen LogP contribution in [0.4, 0.5) is 0 Å². The quantitative estimate of drug-likeness (QED) is 0.775. The summed E-state index contributed by atoms with van der Waals surface area (Å²) >= 11 is 0. The highest BCUT2D eigenvalue weighted by molar-refractivity contribution is 6.09. The Hall–Kier alpha value is -3.39. The van der Waals surface area contributed by atoms with Gasteiger partial charge in [-0.15, -0.1) is 0 Å². The molecule has 5 heteroatoms. The first-order valence-corrected chi connectivity index (χ1v) is 7.88. The van der Waals surface area contributed by atoms with Gasteiger partial charge in [0.25, 0.3) is 5.91 Å². The molecule has 0 radical (unpaired) electrons. The number of methoxy groups -OCH3 is 1.